The fourth-order valence-electron chi connectivity index (χ4n) is 3.79. The van der Waals surface area contributed by atoms with Gasteiger partial charge in [0.05, 0.1) is 6.61 Å². The first-order valence-electron chi connectivity index (χ1n) is 8.29. The lowest BCUT2D eigenvalue weighted by Crippen LogP contribution is -2.48. The lowest BCUT2D eigenvalue weighted by molar-refractivity contribution is -0.0232. The molecule has 0 aromatic heterocycles. The summed E-state index contributed by atoms with van der Waals surface area (Å²) in [5.74, 6) is 0.950. The van der Waals surface area contributed by atoms with Crippen LogP contribution in [-0.4, -0.2) is 50.8 Å². The first-order valence-corrected chi connectivity index (χ1v) is 8.29. The van der Waals surface area contributed by atoms with Gasteiger partial charge in [-0.25, -0.2) is 0 Å². The molecule has 1 N–H and O–H groups in total. The van der Waals surface area contributed by atoms with Crippen molar-refractivity contribution in [1.82, 2.24) is 10.2 Å². The third-order valence-electron chi connectivity index (χ3n) is 4.78. The molecule has 0 aliphatic carbocycles. The minimum Gasteiger partial charge on any atom is -0.381 e. The quantitative estimate of drug-likeness (QED) is 0.768. The largest absolute Gasteiger partial charge is 0.381 e. The molecule has 0 amide bonds. The predicted octanol–water partition coefficient (Wildman–Crippen LogP) is 2.51. The molecular weight excluding hydrogens is 236 g/mol. The second kappa shape index (κ2) is 7.61. The molecule has 0 aromatic carbocycles. The van der Waals surface area contributed by atoms with Gasteiger partial charge in [-0.1, -0.05) is 20.3 Å². The van der Waals surface area contributed by atoms with Crippen LogP contribution in [0.1, 0.15) is 46.0 Å². The number of rotatable bonds is 7. The van der Waals surface area contributed by atoms with Crippen molar-refractivity contribution < 1.29 is 4.74 Å². The van der Waals surface area contributed by atoms with E-state index in [1.54, 1.807) is 0 Å². The van der Waals surface area contributed by atoms with Crippen LogP contribution in [0.3, 0.4) is 0 Å². The lowest BCUT2D eigenvalue weighted by atomic mass is 9.81. The Morgan fingerprint density at radius 3 is 2.95 bits per heavy atom. The maximum absolute atomic E-state index is 5.80. The molecule has 2 unspecified atom stereocenters. The Morgan fingerprint density at radius 1 is 1.37 bits per heavy atom. The van der Waals surface area contributed by atoms with Gasteiger partial charge in [0.15, 0.2) is 0 Å². The average Bonchev–Trinajstić information content (AvgIpc) is 2.85. The van der Waals surface area contributed by atoms with Gasteiger partial charge in [-0.05, 0) is 44.7 Å². The van der Waals surface area contributed by atoms with Crippen LogP contribution in [0.5, 0.6) is 0 Å². The van der Waals surface area contributed by atoms with E-state index in [1.807, 2.05) is 0 Å². The number of nitrogens with one attached hydrogen (secondary N) is 1. The van der Waals surface area contributed by atoms with Crippen molar-refractivity contribution in [3.05, 3.63) is 0 Å². The molecule has 2 aliphatic rings. The fraction of sp³-hybridized carbons (Fsp3) is 1.00. The van der Waals surface area contributed by atoms with Crippen molar-refractivity contribution in [3.8, 4) is 0 Å². The molecule has 0 aromatic rings. The summed E-state index contributed by atoms with van der Waals surface area (Å²) in [6, 6.07) is 0. The van der Waals surface area contributed by atoms with Gasteiger partial charge < -0.3 is 15.0 Å². The van der Waals surface area contributed by atoms with Crippen molar-refractivity contribution in [2.75, 3.05) is 45.9 Å². The number of nitrogens with zero attached hydrogens (tertiary/aromatic N) is 1. The minimum absolute atomic E-state index is 0.370. The highest BCUT2D eigenvalue weighted by molar-refractivity contribution is 4.89. The Balaban J connectivity index is 1.85. The number of likely N-dealkylation sites (tertiary alicyclic amines) is 1. The highest BCUT2D eigenvalue weighted by atomic mass is 16.5. The predicted molar refractivity (Wildman–Crippen MR) is 80.5 cm³/mol. The summed E-state index contributed by atoms with van der Waals surface area (Å²) < 4.78 is 5.80. The first-order chi connectivity index (χ1) is 9.28. The summed E-state index contributed by atoms with van der Waals surface area (Å²) in [5, 5.41) is 3.56. The van der Waals surface area contributed by atoms with Crippen LogP contribution in [0.4, 0.5) is 0 Å². The third kappa shape index (κ3) is 4.44. The van der Waals surface area contributed by atoms with Gasteiger partial charge in [-0.15, -0.1) is 0 Å². The van der Waals surface area contributed by atoms with E-state index in [1.165, 1.54) is 51.7 Å². The lowest BCUT2D eigenvalue weighted by Gasteiger charge is -2.40. The van der Waals surface area contributed by atoms with Crippen molar-refractivity contribution in [2.24, 2.45) is 11.3 Å². The van der Waals surface area contributed by atoms with Crippen LogP contribution in [0.15, 0.2) is 0 Å². The summed E-state index contributed by atoms with van der Waals surface area (Å²) in [7, 11) is 0. The maximum Gasteiger partial charge on any atom is 0.0546 e. The monoisotopic (exact) mass is 268 g/mol. The molecule has 3 nitrogen and oxygen atoms in total. The summed E-state index contributed by atoms with van der Waals surface area (Å²) in [5.41, 5.74) is 0.370. The first kappa shape index (κ1) is 15.3. The zero-order valence-electron chi connectivity index (χ0n) is 12.9. The highest BCUT2D eigenvalue weighted by Gasteiger charge is 2.36. The van der Waals surface area contributed by atoms with Crippen molar-refractivity contribution in [3.63, 3.8) is 0 Å². The number of ether oxygens (including phenoxy) is 1. The Hall–Kier alpha value is -0.120. The molecule has 19 heavy (non-hydrogen) atoms. The van der Waals surface area contributed by atoms with Crippen LogP contribution < -0.4 is 5.32 Å². The molecular formula is C16H32N2O. The average molecular weight is 268 g/mol. The fourth-order valence-corrected chi connectivity index (χ4v) is 3.79. The van der Waals surface area contributed by atoms with Crippen LogP contribution in [0, 0.1) is 11.3 Å². The Labute approximate surface area is 119 Å². The SMILES string of the molecule is CCCC1CCN(CC2(CNCC)CCCOC2)C1. The van der Waals surface area contributed by atoms with Gasteiger partial charge in [-0.2, -0.15) is 0 Å². The molecule has 0 saturated carbocycles. The van der Waals surface area contributed by atoms with E-state index in [0.717, 1.165) is 32.2 Å². The number of hydrogen-bond acceptors (Lipinski definition) is 3. The van der Waals surface area contributed by atoms with Gasteiger partial charge in [0.2, 0.25) is 0 Å². The Bertz CT molecular complexity index is 251. The van der Waals surface area contributed by atoms with Gasteiger partial charge in [0.1, 0.15) is 0 Å². The summed E-state index contributed by atoms with van der Waals surface area (Å²) in [6.07, 6.45) is 6.72. The molecule has 2 heterocycles. The molecule has 2 atom stereocenters. The van der Waals surface area contributed by atoms with Crippen molar-refractivity contribution in [1.29, 1.82) is 0 Å². The van der Waals surface area contributed by atoms with E-state index in [2.05, 4.69) is 24.1 Å². The van der Waals surface area contributed by atoms with Gasteiger partial charge in [-0.3, -0.25) is 0 Å². The topological polar surface area (TPSA) is 24.5 Å². The van der Waals surface area contributed by atoms with E-state index in [-0.39, 0.29) is 0 Å². The van der Waals surface area contributed by atoms with E-state index < -0.39 is 0 Å². The molecule has 2 rings (SSSR count). The molecule has 0 bridgehead atoms. The second-order valence-corrected chi connectivity index (χ2v) is 6.61. The van der Waals surface area contributed by atoms with E-state index in [9.17, 15) is 0 Å². The zero-order chi connectivity index (χ0) is 13.6. The van der Waals surface area contributed by atoms with Crippen LogP contribution in [0.2, 0.25) is 0 Å². The van der Waals surface area contributed by atoms with E-state index in [0.29, 0.717) is 5.41 Å². The summed E-state index contributed by atoms with van der Waals surface area (Å²) >= 11 is 0. The van der Waals surface area contributed by atoms with E-state index >= 15 is 0 Å². The smallest absolute Gasteiger partial charge is 0.0546 e. The van der Waals surface area contributed by atoms with Crippen LogP contribution in [-0.2, 0) is 4.74 Å². The molecule has 2 aliphatic heterocycles. The molecule has 112 valence electrons. The van der Waals surface area contributed by atoms with E-state index in [4.69, 9.17) is 4.74 Å². The van der Waals surface area contributed by atoms with Gasteiger partial charge in [0, 0.05) is 31.7 Å². The molecule has 2 fully saturated rings. The number of hydrogen-bond donors (Lipinski definition) is 1. The van der Waals surface area contributed by atoms with Crippen LogP contribution >= 0.6 is 0 Å². The van der Waals surface area contributed by atoms with Gasteiger partial charge >= 0.3 is 0 Å². The Kier molecular flexibility index (Phi) is 6.11. The normalized spacial score (nSPS) is 32.8. The third-order valence-corrected chi connectivity index (χ3v) is 4.78. The zero-order valence-corrected chi connectivity index (χ0v) is 12.9. The molecule has 0 radical (unpaired) electrons. The molecule has 0 spiro atoms. The molecule has 3 heteroatoms. The van der Waals surface area contributed by atoms with Crippen molar-refractivity contribution >= 4 is 0 Å². The second-order valence-electron chi connectivity index (χ2n) is 6.61. The Morgan fingerprint density at radius 2 is 2.26 bits per heavy atom. The van der Waals surface area contributed by atoms with Gasteiger partial charge in [0.25, 0.3) is 0 Å². The maximum atomic E-state index is 5.80. The molecule has 2 saturated heterocycles. The van der Waals surface area contributed by atoms with Crippen LogP contribution in [0.25, 0.3) is 0 Å². The van der Waals surface area contributed by atoms with Crippen molar-refractivity contribution in [2.45, 2.75) is 46.0 Å². The summed E-state index contributed by atoms with van der Waals surface area (Å²) in [6.45, 7) is 12.5. The summed E-state index contributed by atoms with van der Waals surface area (Å²) in [4.78, 5) is 2.70. The highest BCUT2D eigenvalue weighted by Crippen LogP contribution is 2.32. The standard InChI is InChI=1S/C16H32N2O/c1-3-6-15-7-9-18(11-15)13-16(12-17-4-2)8-5-10-19-14-16/h15,17H,3-14H2,1-2H3. The minimum atomic E-state index is 0.370.